The van der Waals surface area contributed by atoms with Crippen LogP contribution in [0.2, 0.25) is 0 Å². The van der Waals surface area contributed by atoms with E-state index in [-0.39, 0.29) is 6.10 Å². The molecule has 1 aliphatic rings. The first kappa shape index (κ1) is 10.5. The number of pyridine rings is 1. The number of hydrogen-bond acceptors (Lipinski definition) is 3. The Bertz CT molecular complexity index is 303. The summed E-state index contributed by atoms with van der Waals surface area (Å²) in [5.41, 5.74) is 0. The van der Waals surface area contributed by atoms with Crippen LogP contribution >= 0.6 is 27.7 Å². The van der Waals surface area contributed by atoms with Crippen LogP contribution in [0, 0.1) is 0 Å². The summed E-state index contributed by atoms with van der Waals surface area (Å²) in [5, 5.41) is 11.0. The fourth-order valence-corrected chi connectivity index (χ4v) is 3.01. The molecule has 1 N–H and O–H groups in total. The van der Waals surface area contributed by atoms with Crippen LogP contribution in [0.5, 0.6) is 0 Å². The number of hydrogen-bond donors (Lipinski definition) is 1. The molecule has 0 aromatic carbocycles. The van der Waals surface area contributed by atoms with E-state index in [2.05, 4.69) is 20.9 Å². The van der Waals surface area contributed by atoms with Crippen molar-refractivity contribution >= 4 is 27.7 Å². The van der Waals surface area contributed by atoms with Crippen molar-refractivity contribution in [2.24, 2.45) is 0 Å². The summed E-state index contributed by atoms with van der Waals surface area (Å²) in [6.45, 7) is 0. The Balaban J connectivity index is 2.00. The second kappa shape index (κ2) is 4.64. The Morgan fingerprint density at radius 2 is 2.29 bits per heavy atom. The van der Waals surface area contributed by atoms with E-state index in [1.165, 1.54) is 0 Å². The van der Waals surface area contributed by atoms with Gasteiger partial charge in [-0.25, -0.2) is 4.98 Å². The van der Waals surface area contributed by atoms with Crippen molar-refractivity contribution in [1.29, 1.82) is 0 Å². The normalized spacial score (nSPS) is 26.7. The highest BCUT2D eigenvalue weighted by atomic mass is 79.9. The van der Waals surface area contributed by atoms with Gasteiger partial charge in [0.05, 0.1) is 11.1 Å². The molecule has 14 heavy (non-hydrogen) atoms. The first-order chi connectivity index (χ1) is 6.75. The van der Waals surface area contributed by atoms with Crippen molar-refractivity contribution in [1.82, 2.24) is 4.98 Å². The Hall–Kier alpha value is -0.0600. The average Bonchev–Trinajstić information content (AvgIpc) is 2.56. The lowest BCUT2D eigenvalue weighted by molar-refractivity contribution is 0.188. The van der Waals surface area contributed by atoms with Gasteiger partial charge in [0.2, 0.25) is 0 Å². The fraction of sp³-hybridized carbons (Fsp3) is 0.500. The van der Waals surface area contributed by atoms with Crippen molar-refractivity contribution in [2.45, 2.75) is 35.6 Å². The van der Waals surface area contributed by atoms with Gasteiger partial charge in [0.15, 0.2) is 0 Å². The molecule has 1 aromatic heterocycles. The number of aliphatic hydroxyl groups is 1. The minimum atomic E-state index is -0.148. The molecular weight excluding hydrogens is 262 g/mol. The largest absolute Gasteiger partial charge is 0.392 e. The lowest BCUT2D eigenvalue weighted by Gasteiger charge is -2.12. The zero-order valence-electron chi connectivity index (χ0n) is 7.69. The predicted molar refractivity (Wildman–Crippen MR) is 61.4 cm³/mol. The van der Waals surface area contributed by atoms with Gasteiger partial charge in [-0.15, -0.1) is 11.8 Å². The van der Waals surface area contributed by atoms with E-state index < -0.39 is 0 Å². The maximum atomic E-state index is 9.65. The molecule has 0 bridgehead atoms. The summed E-state index contributed by atoms with van der Waals surface area (Å²) in [5.74, 6) is 0. The monoisotopic (exact) mass is 273 g/mol. The molecule has 2 rings (SSSR count). The highest BCUT2D eigenvalue weighted by Gasteiger charge is 2.26. The second-order valence-corrected chi connectivity index (χ2v) is 5.64. The molecule has 2 nitrogen and oxygen atoms in total. The molecule has 0 saturated heterocycles. The SMILES string of the molecule is OC1CCCC1Sc1ccc(Br)cn1. The Kier molecular flexibility index (Phi) is 3.47. The molecule has 1 aromatic rings. The topological polar surface area (TPSA) is 33.1 Å². The molecule has 2 unspecified atom stereocenters. The quantitative estimate of drug-likeness (QED) is 0.900. The number of halogens is 1. The molecule has 1 heterocycles. The van der Waals surface area contributed by atoms with Crippen LogP contribution in [0.3, 0.4) is 0 Å². The number of nitrogens with zero attached hydrogens (tertiary/aromatic N) is 1. The predicted octanol–water partition coefficient (Wildman–Crippen LogP) is 2.85. The van der Waals surface area contributed by atoms with E-state index in [4.69, 9.17) is 0 Å². The van der Waals surface area contributed by atoms with Crippen molar-refractivity contribution < 1.29 is 5.11 Å². The maximum absolute atomic E-state index is 9.65. The molecule has 1 fully saturated rings. The Morgan fingerprint density at radius 3 is 2.86 bits per heavy atom. The molecular formula is C10H12BrNOS. The summed E-state index contributed by atoms with van der Waals surface area (Å²) in [6, 6.07) is 3.97. The van der Waals surface area contributed by atoms with Gasteiger partial charge in [-0.3, -0.25) is 0 Å². The Labute approximate surface area is 96.3 Å². The van der Waals surface area contributed by atoms with Gasteiger partial charge in [-0.1, -0.05) is 0 Å². The lowest BCUT2D eigenvalue weighted by Crippen LogP contribution is -2.14. The number of thioether (sulfide) groups is 1. The molecule has 4 heteroatoms. The van der Waals surface area contributed by atoms with E-state index >= 15 is 0 Å². The highest BCUT2D eigenvalue weighted by Crippen LogP contribution is 2.34. The minimum Gasteiger partial charge on any atom is -0.392 e. The third-order valence-electron chi connectivity index (χ3n) is 2.39. The third-order valence-corrected chi connectivity index (χ3v) is 4.19. The van der Waals surface area contributed by atoms with Gasteiger partial charge in [0.25, 0.3) is 0 Å². The van der Waals surface area contributed by atoms with E-state index in [1.54, 1.807) is 18.0 Å². The van der Waals surface area contributed by atoms with Crippen molar-refractivity contribution in [3.63, 3.8) is 0 Å². The first-order valence-electron chi connectivity index (χ1n) is 4.72. The summed E-state index contributed by atoms with van der Waals surface area (Å²) >= 11 is 5.03. The van der Waals surface area contributed by atoms with Crippen LogP contribution in [-0.4, -0.2) is 21.4 Å². The van der Waals surface area contributed by atoms with E-state index in [1.807, 2.05) is 12.1 Å². The zero-order chi connectivity index (χ0) is 9.97. The molecule has 1 saturated carbocycles. The fourth-order valence-electron chi connectivity index (χ4n) is 1.63. The minimum absolute atomic E-state index is 0.148. The van der Waals surface area contributed by atoms with Crippen LogP contribution in [-0.2, 0) is 0 Å². The smallest absolute Gasteiger partial charge is 0.0964 e. The molecule has 1 aliphatic carbocycles. The van der Waals surface area contributed by atoms with Crippen LogP contribution in [0.15, 0.2) is 27.8 Å². The number of aromatic nitrogens is 1. The molecule has 0 spiro atoms. The molecule has 76 valence electrons. The van der Waals surface area contributed by atoms with Crippen molar-refractivity contribution in [2.75, 3.05) is 0 Å². The van der Waals surface area contributed by atoms with Gasteiger partial charge in [-0.2, -0.15) is 0 Å². The van der Waals surface area contributed by atoms with Gasteiger partial charge in [-0.05, 0) is 47.3 Å². The van der Waals surface area contributed by atoms with E-state index in [0.29, 0.717) is 5.25 Å². The van der Waals surface area contributed by atoms with Crippen molar-refractivity contribution in [3.8, 4) is 0 Å². The van der Waals surface area contributed by atoms with Gasteiger partial charge in [0.1, 0.15) is 0 Å². The second-order valence-electron chi connectivity index (χ2n) is 3.47. The number of rotatable bonds is 2. The zero-order valence-corrected chi connectivity index (χ0v) is 10.1. The standard InChI is InChI=1S/C10H12BrNOS/c11-7-4-5-10(12-6-7)14-9-3-1-2-8(9)13/h4-6,8-9,13H,1-3H2. The van der Waals surface area contributed by atoms with Crippen LogP contribution < -0.4 is 0 Å². The molecule has 0 amide bonds. The average molecular weight is 274 g/mol. The Morgan fingerprint density at radius 1 is 1.43 bits per heavy atom. The number of aliphatic hydroxyl groups excluding tert-OH is 1. The van der Waals surface area contributed by atoms with Crippen LogP contribution in [0.25, 0.3) is 0 Å². The summed E-state index contributed by atoms with van der Waals surface area (Å²) in [7, 11) is 0. The van der Waals surface area contributed by atoms with Crippen LogP contribution in [0.1, 0.15) is 19.3 Å². The maximum Gasteiger partial charge on any atom is 0.0964 e. The summed E-state index contributed by atoms with van der Waals surface area (Å²) < 4.78 is 0.994. The van der Waals surface area contributed by atoms with Crippen LogP contribution in [0.4, 0.5) is 0 Å². The third kappa shape index (κ3) is 2.49. The summed E-state index contributed by atoms with van der Waals surface area (Å²) in [6.07, 6.45) is 4.82. The van der Waals surface area contributed by atoms with Gasteiger partial charge < -0.3 is 5.11 Å². The van der Waals surface area contributed by atoms with Crippen molar-refractivity contribution in [3.05, 3.63) is 22.8 Å². The lowest BCUT2D eigenvalue weighted by atomic mass is 10.3. The summed E-state index contributed by atoms with van der Waals surface area (Å²) in [4.78, 5) is 4.28. The van der Waals surface area contributed by atoms with E-state index in [0.717, 1.165) is 28.8 Å². The highest BCUT2D eigenvalue weighted by molar-refractivity contribution is 9.10. The molecule has 0 radical (unpaired) electrons. The van der Waals surface area contributed by atoms with Gasteiger partial charge >= 0.3 is 0 Å². The molecule has 2 atom stereocenters. The molecule has 0 aliphatic heterocycles. The van der Waals surface area contributed by atoms with E-state index in [9.17, 15) is 5.11 Å². The first-order valence-corrected chi connectivity index (χ1v) is 6.39. The van der Waals surface area contributed by atoms with Gasteiger partial charge in [0, 0.05) is 15.9 Å².